The second kappa shape index (κ2) is 8.41. The summed E-state index contributed by atoms with van der Waals surface area (Å²) in [4.78, 5) is 37.6. The van der Waals surface area contributed by atoms with Crippen molar-refractivity contribution in [2.24, 2.45) is 35.0 Å². The predicted octanol–water partition coefficient (Wildman–Crippen LogP) is 3.93. The van der Waals surface area contributed by atoms with E-state index in [1.54, 1.807) is 6.08 Å². The van der Waals surface area contributed by atoms with Crippen LogP contribution in [0.3, 0.4) is 0 Å². The van der Waals surface area contributed by atoms with Crippen LogP contribution in [-0.2, 0) is 19.1 Å². The molecule has 0 aromatic carbocycles. The Morgan fingerprint density at radius 1 is 1.21 bits per heavy atom. The lowest BCUT2D eigenvalue weighted by molar-refractivity contribution is -0.259. The molecule has 2 N–H and O–H groups in total. The van der Waals surface area contributed by atoms with E-state index in [0.29, 0.717) is 19.3 Å². The summed E-state index contributed by atoms with van der Waals surface area (Å²) in [6, 6.07) is 0. The minimum absolute atomic E-state index is 0.0393. The third-order valence-corrected chi connectivity index (χ3v) is 9.92. The van der Waals surface area contributed by atoms with Gasteiger partial charge in [-0.05, 0) is 81.1 Å². The van der Waals surface area contributed by atoms with Crippen LogP contribution in [0.4, 0.5) is 0 Å². The van der Waals surface area contributed by atoms with Crippen LogP contribution in [0.25, 0.3) is 0 Å². The highest BCUT2D eigenvalue weighted by atomic mass is 16.6. The van der Waals surface area contributed by atoms with Crippen LogP contribution in [0.2, 0.25) is 0 Å². The number of allylic oxidation sites excluding steroid dienone is 3. The van der Waals surface area contributed by atoms with E-state index < -0.39 is 35.1 Å². The molecule has 4 aliphatic carbocycles. The van der Waals surface area contributed by atoms with E-state index in [1.807, 2.05) is 27.7 Å². The molecule has 8 unspecified atom stereocenters. The van der Waals surface area contributed by atoms with Crippen molar-refractivity contribution in [3.63, 3.8) is 0 Å². The Labute approximate surface area is 202 Å². The molecule has 0 aromatic rings. The van der Waals surface area contributed by atoms with Gasteiger partial charge in [-0.1, -0.05) is 38.8 Å². The first-order valence-corrected chi connectivity index (χ1v) is 12.8. The number of ether oxygens (including phenoxy) is 1. The maximum absolute atomic E-state index is 12.8. The number of fused-ring (bicyclic) bond motifs is 4. The van der Waals surface area contributed by atoms with E-state index in [4.69, 9.17) is 4.74 Å². The van der Waals surface area contributed by atoms with Crippen LogP contribution in [0.1, 0.15) is 80.1 Å². The number of hydrogen-bond donors (Lipinski definition) is 2. The fourth-order valence-corrected chi connectivity index (χ4v) is 7.48. The minimum atomic E-state index is -1.64. The lowest BCUT2D eigenvalue weighted by Crippen LogP contribution is -2.70. The molecule has 0 aromatic heterocycles. The zero-order valence-electron chi connectivity index (χ0n) is 21.4. The highest BCUT2D eigenvalue weighted by molar-refractivity contribution is 5.91. The molecule has 0 heterocycles. The van der Waals surface area contributed by atoms with Gasteiger partial charge in [0.05, 0.1) is 0 Å². The number of carbonyl (C=O) groups excluding carboxylic acids is 3. The number of Topliss-reactive ketones (excluding diaryl/α,β-unsaturated/α-hetero) is 1. The van der Waals surface area contributed by atoms with Gasteiger partial charge in [0.15, 0.2) is 5.78 Å². The summed E-state index contributed by atoms with van der Waals surface area (Å²) < 4.78 is 5.84. The van der Waals surface area contributed by atoms with E-state index in [1.165, 1.54) is 13.0 Å². The maximum Gasteiger partial charge on any atom is 0.331 e. The molecule has 6 nitrogen and oxygen atoms in total. The second-order valence-electron chi connectivity index (χ2n) is 12.1. The molecule has 0 saturated heterocycles. The van der Waals surface area contributed by atoms with Gasteiger partial charge in [-0.3, -0.25) is 9.59 Å². The Morgan fingerprint density at radius 3 is 2.50 bits per heavy atom. The van der Waals surface area contributed by atoms with Crippen molar-refractivity contribution < 1.29 is 29.3 Å². The number of aliphatic hydroxyl groups is 2. The molecule has 0 spiro atoms. The van der Waals surface area contributed by atoms with Gasteiger partial charge < -0.3 is 14.9 Å². The molecule has 4 aliphatic rings. The first-order chi connectivity index (χ1) is 15.7. The van der Waals surface area contributed by atoms with Gasteiger partial charge in [0.2, 0.25) is 0 Å². The standard InChI is InChI=1S/C28H40O6/c1-15(2)16(3)9-25(31)34-24-12-22(18(5)29)17(4)28(33)23-14-26(6)8-7-21(30)11-20(26)10-19(23)13-27(24,28)32/h9,11,15,17,19,22-24,32-33H,7-8,10,12-14H2,1-6H3. The lowest BCUT2D eigenvalue weighted by Gasteiger charge is -2.56. The first kappa shape index (κ1) is 25.3. The normalized spacial score (nSPS) is 44.1. The third-order valence-electron chi connectivity index (χ3n) is 9.92. The van der Waals surface area contributed by atoms with Gasteiger partial charge in [0.25, 0.3) is 0 Å². The third kappa shape index (κ3) is 3.72. The zero-order valence-corrected chi connectivity index (χ0v) is 21.4. The summed E-state index contributed by atoms with van der Waals surface area (Å²) in [5.74, 6) is -1.54. The van der Waals surface area contributed by atoms with Crippen molar-refractivity contribution in [3.8, 4) is 0 Å². The van der Waals surface area contributed by atoms with Crippen LogP contribution in [-0.4, -0.2) is 45.1 Å². The molecule has 188 valence electrons. The van der Waals surface area contributed by atoms with Crippen molar-refractivity contribution in [3.05, 3.63) is 23.3 Å². The van der Waals surface area contributed by atoms with Crippen molar-refractivity contribution >= 4 is 17.5 Å². The number of esters is 1. The number of hydrogen-bond acceptors (Lipinski definition) is 6. The molecule has 0 bridgehead atoms. The van der Waals surface area contributed by atoms with E-state index in [2.05, 4.69) is 6.92 Å². The topological polar surface area (TPSA) is 101 Å². The monoisotopic (exact) mass is 472 g/mol. The number of rotatable bonds is 4. The van der Waals surface area contributed by atoms with Gasteiger partial charge in [-0.15, -0.1) is 0 Å². The maximum atomic E-state index is 12.8. The molecule has 3 saturated carbocycles. The molecular formula is C28H40O6. The Kier molecular flexibility index (Phi) is 6.26. The van der Waals surface area contributed by atoms with Crippen LogP contribution >= 0.6 is 0 Å². The van der Waals surface area contributed by atoms with E-state index >= 15 is 0 Å². The molecule has 8 atom stereocenters. The largest absolute Gasteiger partial charge is 0.456 e. The van der Waals surface area contributed by atoms with Crippen LogP contribution in [0, 0.1) is 35.0 Å². The van der Waals surface area contributed by atoms with Gasteiger partial charge >= 0.3 is 5.97 Å². The zero-order chi connectivity index (χ0) is 25.2. The lowest BCUT2D eigenvalue weighted by atomic mass is 9.53. The van der Waals surface area contributed by atoms with E-state index in [-0.39, 0.29) is 47.6 Å². The Bertz CT molecular complexity index is 962. The molecule has 34 heavy (non-hydrogen) atoms. The quantitative estimate of drug-likeness (QED) is 0.475. The first-order valence-electron chi connectivity index (χ1n) is 12.8. The molecule has 0 amide bonds. The van der Waals surface area contributed by atoms with Crippen molar-refractivity contribution in [2.75, 3.05) is 0 Å². The smallest absolute Gasteiger partial charge is 0.331 e. The summed E-state index contributed by atoms with van der Waals surface area (Å²) in [5, 5.41) is 24.5. The summed E-state index contributed by atoms with van der Waals surface area (Å²) in [6.07, 6.45) is 5.26. The molecule has 0 radical (unpaired) electrons. The summed E-state index contributed by atoms with van der Waals surface area (Å²) >= 11 is 0. The van der Waals surface area contributed by atoms with Crippen LogP contribution in [0.15, 0.2) is 23.3 Å². The molecular weight excluding hydrogens is 432 g/mol. The van der Waals surface area contributed by atoms with Crippen molar-refractivity contribution in [1.29, 1.82) is 0 Å². The Morgan fingerprint density at radius 2 is 1.88 bits per heavy atom. The SMILES string of the molecule is CC(=O)C1CC(OC(=O)C=C(C)C(C)C)C2(O)CC3CC4=CC(=O)CCC4(C)CC3C2(O)C1C. The molecule has 3 fully saturated rings. The average Bonchev–Trinajstić information content (AvgIpc) is 2.96. The van der Waals surface area contributed by atoms with Gasteiger partial charge in [-0.2, -0.15) is 0 Å². The van der Waals surface area contributed by atoms with Crippen LogP contribution in [0.5, 0.6) is 0 Å². The minimum Gasteiger partial charge on any atom is -0.456 e. The molecule has 4 rings (SSSR count). The van der Waals surface area contributed by atoms with E-state index in [9.17, 15) is 24.6 Å². The van der Waals surface area contributed by atoms with Gasteiger partial charge in [0, 0.05) is 18.4 Å². The summed E-state index contributed by atoms with van der Waals surface area (Å²) in [6.45, 7) is 11.4. The average molecular weight is 473 g/mol. The van der Waals surface area contributed by atoms with Crippen LogP contribution < -0.4 is 0 Å². The molecule has 0 aliphatic heterocycles. The number of carbonyl (C=O) groups is 3. The predicted molar refractivity (Wildman–Crippen MR) is 128 cm³/mol. The summed E-state index contributed by atoms with van der Waals surface area (Å²) in [5.41, 5.74) is -1.42. The second-order valence-corrected chi connectivity index (χ2v) is 12.1. The van der Waals surface area contributed by atoms with Gasteiger partial charge in [-0.25, -0.2) is 4.79 Å². The Balaban J connectivity index is 1.73. The molecule has 6 heteroatoms. The number of ketones is 2. The van der Waals surface area contributed by atoms with Gasteiger partial charge in [0.1, 0.15) is 23.1 Å². The van der Waals surface area contributed by atoms with Crippen molar-refractivity contribution in [1.82, 2.24) is 0 Å². The fourth-order valence-electron chi connectivity index (χ4n) is 7.48. The highest BCUT2D eigenvalue weighted by Gasteiger charge is 2.73. The van der Waals surface area contributed by atoms with Crippen molar-refractivity contribution in [2.45, 2.75) is 97.4 Å². The Hall–Kier alpha value is -1.79. The fraction of sp³-hybridized carbons (Fsp3) is 0.750. The highest BCUT2D eigenvalue weighted by Crippen LogP contribution is 2.66. The van der Waals surface area contributed by atoms with E-state index in [0.717, 1.165) is 17.6 Å². The summed E-state index contributed by atoms with van der Waals surface area (Å²) in [7, 11) is 0.